The summed E-state index contributed by atoms with van der Waals surface area (Å²) in [6, 6.07) is 0. The first kappa shape index (κ1) is 20.0. The lowest BCUT2D eigenvalue weighted by molar-refractivity contribution is 0.208. The molecule has 0 aromatic heterocycles. The minimum atomic E-state index is -2.80. The largest absolute Gasteiger partial charge is 0.357 e. The van der Waals surface area contributed by atoms with Gasteiger partial charge in [-0.3, -0.25) is 4.99 Å². The van der Waals surface area contributed by atoms with Crippen LogP contribution < -0.4 is 5.32 Å². The van der Waals surface area contributed by atoms with Crippen molar-refractivity contribution in [2.24, 2.45) is 22.7 Å². The number of nitrogens with one attached hydrogen (secondary N) is 1. The second-order valence-electron chi connectivity index (χ2n) is 6.81. The molecule has 0 bridgehead atoms. The van der Waals surface area contributed by atoms with E-state index in [1.165, 1.54) is 6.42 Å². The summed E-state index contributed by atoms with van der Waals surface area (Å²) >= 11 is 0. The molecule has 2 fully saturated rings. The van der Waals surface area contributed by atoms with Crippen molar-refractivity contribution in [3.05, 3.63) is 0 Å². The summed E-state index contributed by atoms with van der Waals surface area (Å²) < 4.78 is 23.0. The van der Waals surface area contributed by atoms with Gasteiger partial charge in [0.05, 0.1) is 11.5 Å². The molecule has 0 spiro atoms. The van der Waals surface area contributed by atoms with E-state index >= 15 is 0 Å². The molecular weight excluding hydrogens is 413 g/mol. The van der Waals surface area contributed by atoms with Crippen LogP contribution in [0, 0.1) is 17.8 Å². The highest BCUT2D eigenvalue weighted by atomic mass is 127. The van der Waals surface area contributed by atoms with Gasteiger partial charge in [-0.05, 0) is 37.5 Å². The normalized spacial score (nSPS) is 31.7. The maximum atomic E-state index is 11.5. The molecule has 3 atom stereocenters. The van der Waals surface area contributed by atoms with Gasteiger partial charge < -0.3 is 10.2 Å². The summed E-state index contributed by atoms with van der Waals surface area (Å²) in [5, 5.41) is 3.36. The van der Waals surface area contributed by atoms with Crippen LogP contribution in [-0.4, -0.2) is 57.0 Å². The van der Waals surface area contributed by atoms with Crippen molar-refractivity contribution in [2.45, 2.75) is 33.6 Å². The number of halogens is 1. The number of nitrogens with zero attached hydrogens (tertiary/aromatic N) is 2. The zero-order valence-electron chi connectivity index (χ0n) is 13.9. The van der Waals surface area contributed by atoms with Crippen molar-refractivity contribution < 1.29 is 8.42 Å². The number of likely N-dealkylation sites (tertiary alicyclic amines) is 1. The molecule has 2 rings (SSSR count). The smallest absolute Gasteiger partial charge is 0.193 e. The third kappa shape index (κ3) is 5.86. The maximum Gasteiger partial charge on any atom is 0.193 e. The summed E-state index contributed by atoms with van der Waals surface area (Å²) in [7, 11) is -2.80. The van der Waals surface area contributed by atoms with Crippen LogP contribution in [0.1, 0.15) is 33.6 Å². The third-order valence-corrected chi connectivity index (χ3v) is 6.17. The summed E-state index contributed by atoms with van der Waals surface area (Å²) in [6.45, 7) is 10.2. The fourth-order valence-electron chi connectivity index (χ4n) is 3.49. The molecular formula is C15H30IN3O2S. The summed E-state index contributed by atoms with van der Waals surface area (Å²) in [5.41, 5.74) is 0. The highest BCUT2D eigenvalue weighted by Crippen LogP contribution is 2.22. The Morgan fingerprint density at radius 3 is 2.41 bits per heavy atom. The molecule has 130 valence electrons. The standard InChI is InChI=1S/C15H29N3O2S.HI/c1-4-16-15(18-9-12(2)7-13(3)10-18)17-8-14-5-6-21(19,20)11-14;/h12-14H,4-11H2,1-3H3,(H,16,17);1H. The van der Waals surface area contributed by atoms with Crippen LogP contribution in [0.3, 0.4) is 0 Å². The quantitative estimate of drug-likeness (QED) is 0.412. The van der Waals surface area contributed by atoms with Crippen LogP contribution in [0.2, 0.25) is 0 Å². The van der Waals surface area contributed by atoms with E-state index in [1.54, 1.807) is 0 Å². The van der Waals surface area contributed by atoms with Crippen molar-refractivity contribution >= 4 is 39.8 Å². The van der Waals surface area contributed by atoms with Gasteiger partial charge in [-0.15, -0.1) is 24.0 Å². The first-order valence-electron chi connectivity index (χ1n) is 8.13. The SMILES string of the molecule is CCNC(=NCC1CCS(=O)(=O)C1)N1CC(C)CC(C)C1.I. The van der Waals surface area contributed by atoms with Gasteiger partial charge in [-0.1, -0.05) is 13.8 Å². The lowest BCUT2D eigenvalue weighted by atomic mass is 9.92. The van der Waals surface area contributed by atoms with Gasteiger partial charge in [-0.25, -0.2) is 8.42 Å². The van der Waals surface area contributed by atoms with Gasteiger partial charge in [0.2, 0.25) is 0 Å². The van der Waals surface area contributed by atoms with E-state index in [-0.39, 0.29) is 29.9 Å². The first-order chi connectivity index (χ1) is 9.89. The Balaban J connectivity index is 0.00000242. The second-order valence-corrected chi connectivity index (χ2v) is 9.04. The van der Waals surface area contributed by atoms with E-state index in [0.717, 1.165) is 32.0 Å². The van der Waals surface area contributed by atoms with Gasteiger partial charge in [0, 0.05) is 26.2 Å². The zero-order chi connectivity index (χ0) is 15.5. The van der Waals surface area contributed by atoms with Gasteiger partial charge >= 0.3 is 0 Å². The highest BCUT2D eigenvalue weighted by Gasteiger charge is 2.28. The Kier molecular flexibility index (Phi) is 7.91. The molecule has 2 saturated heterocycles. The van der Waals surface area contributed by atoms with E-state index < -0.39 is 9.84 Å². The third-order valence-electron chi connectivity index (χ3n) is 4.33. The molecule has 1 N–H and O–H groups in total. The lowest BCUT2D eigenvalue weighted by Gasteiger charge is -2.37. The second kappa shape index (κ2) is 8.70. The van der Waals surface area contributed by atoms with Gasteiger partial charge in [-0.2, -0.15) is 0 Å². The van der Waals surface area contributed by atoms with Crippen molar-refractivity contribution in [2.75, 3.05) is 37.7 Å². The lowest BCUT2D eigenvalue weighted by Crippen LogP contribution is -2.48. The minimum Gasteiger partial charge on any atom is -0.357 e. The Hall–Kier alpha value is -0.0500. The highest BCUT2D eigenvalue weighted by molar-refractivity contribution is 14.0. The summed E-state index contributed by atoms with van der Waals surface area (Å²) in [4.78, 5) is 7.06. The Bertz CT molecular complexity index is 471. The van der Waals surface area contributed by atoms with Crippen LogP contribution in [0.25, 0.3) is 0 Å². The fraction of sp³-hybridized carbons (Fsp3) is 0.933. The first-order valence-corrected chi connectivity index (χ1v) is 9.95. The molecule has 0 aliphatic carbocycles. The van der Waals surface area contributed by atoms with Gasteiger partial charge in [0.15, 0.2) is 15.8 Å². The molecule has 0 aromatic rings. The molecule has 2 aliphatic rings. The van der Waals surface area contributed by atoms with Crippen molar-refractivity contribution in [1.82, 2.24) is 10.2 Å². The number of hydrogen-bond donors (Lipinski definition) is 1. The van der Waals surface area contributed by atoms with E-state index in [0.29, 0.717) is 29.9 Å². The maximum absolute atomic E-state index is 11.5. The van der Waals surface area contributed by atoms with E-state index in [2.05, 4.69) is 31.0 Å². The number of sulfone groups is 1. The van der Waals surface area contributed by atoms with Crippen LogP contribution in [0.15, 0.2) is 4.99 Å². The molecule has 2 aliphatic heterocycles. The number of guanidine groups is 1. The van der Waals surface area contributed by atoms with E-state index in [4.69, 9.17) is 4.99 Å². The molecule has 3 unspecified atom stereocenters. The topological polar surface area (TPSA) is 61.8 Å². The van der Waals surface area contributed by atoms with Crippen LogP contribution in [0.4, 0.5) is 0 Å². The average Bonchev–Trinajstić information content (AvgIpc) is 2.73. The summed E-state index contributed by atoms with van der Waals surface area (Å²) in [6.07, 6.45) is 2.04. The van der Waals surface area contributed by atoms with Gasteiger partial charge in [0.25, 0.3) is 0 Å². The minimum absolute atomic E-state index is 0. The van der Waals surface area contributed by atoms with Crippen LogP contribution in [0.5, 0.6) is 0 Å². The number of aliphatic imine (C=N–C) groups is 1. The predicted octanol–water partition coefficient (Wildman–Crippen LogP) is 1.98. The molecule has 2 heterocycles. The van der Waals surface area contributed by atoms with Crippen LogP contribution >= 0.6 is 24.0 Å². The van der Waals surface area contributed by atoms with E-state index in [1.807, 2.05) is 0 Å². The molecule has 0 amide bonds. The Morgan fingerprint density at radius 2 is 1.91 bits per heavy atom. The van der Waals surface area contributed by atoms with Crippen molar-refractivity contribution in [3.63, 3.8) is 0 Å². The molecule has 7 heteroatoms. The number of piperidine rings is 1. The fourth-order valence-corrected chi connectivity index (χ4v) is 5.34. The summed E-state index contributed by atoms with van der Waals surface area (Å²) in [5.74, 6) is 3.17. The number of rotatable bonds is 3. The Labute approximate surface area is 152 Å². The monoisotopic (exact) mass is 443 g/mol. The molecule has 0 radical (unpaired) electrons. The zero-order valence-corrected chi connectivity index (χ0v) is 17.1. The molecule has 0 aromatic carbocycles. The Morgan fingerprint density at radius 1 is 1.27 bits per heavy atom. The van der Waals surface area contributed by atoms with E-state index in [9.17, 15) is 8.42 Å². The van der Waals surface area contributed by atoms with Crippen molar-refractivity contribution in [1.29, 1.82) is 0 Å². The van der Waals surface area contributed by atoms with Crippen molar-refractivity contribution in [3.8, 4) is 0 Å². The predicted molar refractivity (Wildman–Crippen MR) is 103 cm³/mol. The van der Waals surface area contributed by atoms with Gasteiger partial charge in [0.1, 0.15) is 0 Å². The number of hydrogen-bond acceptors (Lipinski definition) is 3. The average molecular weight is 443 g/mol. The van der Waals surface area contributed by atoms with Crippen LogP contribution in [-0.2, 0) is 9.84 Å². The molecule has 5 nitrogen and oxygen atoms in total. The molecule has 22 heavy (non-hydrogen) atoms. The molecule has 0 saturated carbocycles.